The van der Waals surface area contributed by atoms with Crippen LogP contribution in [0.25, 0.3) is 110 Å². The minimum atomic E-state index is 0.799. The molecule has 11 aromatic rings. The van der Waals surface area contributed by atoms with Crippen LogP contribution in [-0.2, 0) is 0 Å². The van der Waals surface area contributed by atoms with Crippen molar-refractivity contribution in [2.24, 2.45) is 0 Å². The molecule has 240 valence electrons. The fourth-order valence-electron chi connectivity index (χ4n) is 8.89. The Morgan fingerprint density at radius 1 is 0.365 bits per heavy atom. The highest BCUT2D eigenvalue weighted by molar-refractivity contribution is 6.19. The van der Waals surface area contributed by atoms with Gasteiger partial charge in [-0.15, -0.1) is 0 Å². The van der Waals surface area contributed by atoms with Crippen LogP contribution < -0.4 is 0 Å². The Morgan fingerprint density at radius 3 is 1.83 bits per heavy atom. The smallest absolute Gasteiger partial charge is 0.160 e. The van der Waals surface area contributed by atoms with Crippen LogP contribution in [0.1, 0.15) is 0 Å². The number of hydrogen-bond donors (Lipinski definition) is 0. The van der Waals surface area contributed by atoms with E-state index in [0.29, 0.717) is 0 Å². The third-order valence-corrected chi connectivity index (χ3v) is 11.2. The van der Waals surface area contributed by atoms with Crippen LogP contribution >= 0.6 is 0 Å². The predicted octanol–water partition coefficient (Wildman–Crippen LogP) is 12.3. The van der Waals surface area contributed by atoms with E-state index in [9.17, 15) is 0 Å². The molecule has 0 saturated heterocycles. The molecule has 0 N–H and O–H groups in total. The zero-order valence-electron chi connectivity index (χ0n) is 28.0. The van der Waals surface area contributed by atoms with Crippen molar-refractivity contribution in [1.29, 1.82) is 0 Å². The molecule has 4 heterocycles. The van der Waals surface area contributed by atoms with Gasteiger partial charge in [-0.1, -0.05) is 91.0 Å². The number of benzene rings is 7. The molecule has 7 aromatic carbocycles. The molecule has 0 atom stereocenters. The third-order valence-electron chi connectivity index (χ3n) is 11.2. The molecule has 0 fully saturated rings. The van der Waals surface area contributed by atoms with E-state index in [1.165, 1.54) is 93.5 Å². The fourth-order valence-corrected chi connectivity index (χ4v) is 8.89. The zero-order valence-corrected chi connectivity index (χ0v) is 28.0. The summed E-state index contributed by atoms with van der Waals surface area (Å²) >= 11 is 0. The van der Waals surface area contributed by atoms with Gasteiger partial charge in [-0.25, -0.2) is 9.97 Å². The number of nitrogens with zero attached hydrogens (tertiary/aromatic N) is 4. The Balaban J connectivity index is 1.06. The van der Waals surface area contributed by atoms with Crippen LogP contribution in [0.5, 0.6) is 0 Å². The van der Waals surface area contributed by atoms with E-state index in [1.54, 1.807) is 0 Å². The van der Waals surface area contributed by atoms with Crippen molar-refractivity contribution in [3.05, 3.63) is 170 Å². The van der Waals surface area contributed by atoms with Gasteiger partial charge in [-0.05, 0) is 105 Å². The molecule has 1 aliphatic rings. The first-order valence-corrected chi connectivity index (χ1v) is 17.7. The maximum absolute atomic E-state index is 4.55. The molecule has 4 heteroatoms. The normalized spacial score (nSPS) is 12.2. The Kier molecular flexibility index (Phi) is 5.47. The van der Waals surface area contributed by atoms with Gasteiger partial charge in [0.2, 0.25) is 0 Å². The zero-order chi connectivity index (χ0) is 33.9. The van der Waals surface area contributed by atoms with Crippen molar-refractivity contribution < 1.29 is 0 Å². The van der Waals surface area contributed by atoms with Crippen molar-refractivity contribution >= 4 is 65.4 Å². The topological polar surface area (TPSA) is 35.6 Å². The van der Waals surface area contributed by atoms with Gasteiger partial charge < -0.3 is 9.13 Å². The van der Waals surface area contributed by atoms with Gasteiger partial charge in [0.1, 0.15) is 0 Å². The van der Waals surface area contributed by atoms with Crippen molar-refractivity contribution in [3.63, 3.8) is 0 Å². The average Bonchev–Trinajstić information content (AvgIpc) is 3.84. The van der Waals surface area contributed by atoms with Crippen LogP contribution in [0.2, 0.25) is 0 Å². The molecule has 4 aromatic heterocycles. The third kappa shape index (κ3) is 3.70. The largest absolute Gasteiger partial charge is 0.309 e. The standard InChI is InChI=1S/C48H28N4/c1-2-9-32(10-3-1)52-45-21-16-31(27-42(45)39-18-14-29-8-4-5-11-34(29)47(39)52)30-15-20-44-41(26-30)36-12-6-7-13-43(36)51(44)33-17-19-35-37-22-24-49-48-46(37)38(23-25-50-48)40(35)28-33/h1-28H. The van der Waals surface area contributed by atoms with E-state index in [-0.39, 0.29) is 0 Å². The lowest BCUT2D eigenvalue weighted by Crippen LogP contribution is -1.94. The van der Waals surface area contributed by atoms with Crippen LogP contribution in [0.15, 0.2) is 170 Å². The lowest BCUT2D eigenvalue weighted by atomic mass is 10.00. The first kappa shape index (κ1) is 27.7. The van der Waals surface area contributed by atoms with Crippen LogP contribution in [0.4, 0.5) is 0 Å². The molecule has 0 radical (unpaired) electrons. The number of hydrogen-bond acceptors (Lipinski definition) is 2. The summed E-state index contributed by atoms with van der Waals surface area (Å²) in [6, 6.07) is 57.8. The first-order valence-electron chi connectivity index (χ1n) is 17.7. The highest BCUT2D eigenvalue weighted by atomic mass is 15.0. The Morgan fingerprint density at radius 2 is 1.02 bits per heavy atom. The maximum atomic E-state index is 4.55. The summed E-state index contributed by atoms with van der Waals surface area (Å²) in [4.78, 5) is 9.11. The quantitative estimate of drug-likeness (QED) is 0.189. The van der Waals surface area contributed by atoms with Gasteiger partial charge >= 0.3 is 0 Å². The summed E-state index contributed by atoms with van der Waals surface area (Å²) in [5.74, 6) is 0. The van der Waals surface area contributed by atoms with Crippen molar-refractivity contribution in [3.8, 4) is 44.8 Å². The molecule has 0 spiro atoms. The number of fused-ring (bicyclic) bond motifs is 11. The second-order valence-electron chi connectivity index (χ2n) is 13.8. The molecule has 52 heavy (non-hydrogen) atoms. The summed E-state index contributed by atoms with van der Waals surface area (Å²) < 4.78 is 4.84. The van der Waals surface area contributed by atoms with Gasteiger partial charge in [0.15, 0.2) is 5.65 Å². The highest BCUT2D eigenvalue weighted by Gasteiger charge is 2.24. The van der Waals surface area contributed by atoms with Gasteiger partial charge in [0, 0.05) is 56.1 Å². The Bertz CT molecular complexity index is 3290. The van der Waals surface area contributed by atoms with Gasteiger partial charge in [0.25, 0.3) is 0 Å². The van der Waals surface area contributed by atoms with E-state index in [1.807, 2.05) is 12.4 Å². The second kappa shape index (κ2) is 10.3. The molecule has 0 unspecified atom stereocenters. The molecule has 4 nitrogen and oxygen atoms in total. The van der Waals surface area contributed by atoms with E-state index < -0.39 is 0 Å². The summed E-state index contributed by atoms with van der Waals surface area (Å²) in [5.41, 5.74) is 15.2. The van der Waals surface area contributed by atoms with Gasteiger partial charge in [-0.2, -0.15) is 0 Å². The van der Waals surface area contributed by atoms with Gasteiger partial charge in [0.05, 0.1) is 22.1 Å². The molecule has 12 rings (SSSR count). The first-order chi connectivity index (χ1) is 25.8. The summed E-state index contributed by atoms with van der Waals surface area (Å²) in [5, 5.41) is 8.65. The molecular formula is C48H28N4. The average molecular weight is 661 g/mol. The molecule has 1 aliphatic carbocycles. The lowest BCUT2D eigenvalue weighted by molar-refractivity contribution is 1.18. The molecule has 0 amide bonds. The molecule has 0 aliphatic heterocycles. The second-order valence-corrected chi connectivity index (χ2v) is 13.8. The van der Waals surface area contributed by atoms with E-state index in [2.05, 4.69) is 177 Å². The maximum Gasteiger partial charge on any atom is 0.160 e. The van der Waals surface area contributed by atoms with Crippen molar-refractivity contribution in [2.75, 3.05) is 0 Å². The SMILES string of the molecule is c1ccc(-n2c3ccc(-c4ccc5c(c4)c4ccccc4n5-c4ccc5c(c4)-c4ccnc6nccc-5c46)cc3c3ccc4ccccc4c32)cc1. The predicted molar refractivity (Wildman–Crippen MR) is 216 cm³/mol. The van der Waals surface area contributed by atoms with E-state index in [0.717, 1.165) is 16.7 Å². The van der Waals surface area contributed by atoms with Crippen LogP contribution in [0, 0.1) is 0 Å². The number of pyridine rings is 2. The van der Waals surface area contributed by atoms with E-state index in [4.69, 9.17) is 0 Å². The fraction of sp³-hybridized carbons (Fsp3) is 0. The van der Waals surface area contributed by atoms with E-state index >= 15 is 0 Å². The molecule has 0 bridgehead atoms. The van der Waals surface area contributed by atoms with Crippen LogP contribution in [-0.4, -0.2) is 19.1 Å². The number of para-hydroxylation sites is 2. The van der Waals surface area contributed by atoms with Crippen molar-refractivity contribution in [2.45, 2.75) is 0 Å². The summed E-state index contributed by atoms with van der Waals surface area (Å²) in [6.07, 6.45) is 3.74. The summed E-state index contributed by atoms with van der Waals surface area (Å²) in [7, 11) is 0. The lowest BCUT2D eigenvalue weighted by Gasteiger charge is -2.11. The molecule has 0 saturated carbocycles. The van der Waals surface area contributed by atoms with Crippen LogP contribution in [0.3, 0.4) is 0 Å². The summed E-state index contributed by atoms with van der Waals surface area (Å²) in [6.45, 7) is 0. The Hall–Kier alpha value is -7.04. The minimum Gasteiger partial charge on any atom is -0.309 e. The molecular weight excluding hydrogens is 633 g/mol. The van der Waals surface area contributed by atoms with Gasteiger partial charge in [-0.3, -0.25) is 0 Å². The number of rotatable bonds is 3. The van der Waals surface area contributed by atoms with Crippen molar-refractivity contribution in [1.82, 2.24) is 19.1 Å². The minimum absolute atomic E-state index is 0.799. The number of aromatic nitrogens is 4. The monoisotopic (exact) mass is 660 g/mol. The highest BCUT2D eigenvalue weighted by Crippen LogP contribution is 2.47. The Labute approximate surface area is 298 Å².